The molecular formula is C13H15NO. The third kappa shape index (κ3) is 1.63. The Kier molecular flexibility index (Phi) is 2.50. The Balaban J connectivity index is 2.65. The number of rotatable bonds is 3. The second-order valence-corrected chi connectivity index (χ2v) is 3.63. The molecule has 1 aromatic heterocycles. The van der Waals surface area contributed by atoms with E-state index in [9.17, 15) is 0 Å². The molecule has 0 atom stereocenters. The van der Waals surface area contributed by atoms with Crippen molar-refractivity contribution in [1.82, 2.24) is 4.98 Å². The van der Waals surface area contributed by atoms with Gasteiger partial charge in [-0.3, -0.25) is 0 Å². The molecule has 0 saturated carbocycles. The van der Waals surface area contributed by atoms with E-state index in [1.54, 1.807) is 7.11 Å². The van der Waals surface area contributed by atoms with Gasteiger partial charge in [0.05, 0.1) is 7.11 Å². The lowest BCUT2D eigenvalue weighted by atomic mass is 10.1. The van der Waals surface area contributed by atoms with Crippen molar-refractivity contribution in [2.24, 2.45) is 0 Å². The maximum atomic E-state index is 5.22. The highest BCUT2D eigenvalue weighted by Crippen LogP contribution is 2.26. The van der Waals surface area contributed by atoms with Gasteiger partial charge in [-0.1, -0.05) is 6.08 Å². The predicted octanol–water partition coefficient (Wildman–Crippen LogP) is 3.21. The highest BCUT2D eigenvalue weighted by Gasteiger charge is 2.07. The van der Waals surface area contributed by atoms with Crippen LogP contribution in [-0.2, 0) is 6.42 Å². The minimum Gasteiger partial charge on any atom is -0.497 e. The molecule has 0 aliphatic rings. The third-order valence-electron chi connectivity index (χ3n) is 2.68. The lowest BCUT2D eigenvalue weighted by Crippen LogP contribution is -1.84. The van der Waals surface area contributed by atoms with E-state index >= 15 is 0 Å². The average Bonchev–Trinajstić information content (AvgIpc) is 2.55. The summed E-state index contributed by atoms with van der Waals surface area (Å²) in [7, 11) is 1.69. The van der Waals surface area contributed by atoms with Crippen molar-refractivity contribution >= 4 is 10.9 Å². The monoisotopic (exact) mass is 201 g/mol. The largest absolute Gasteiger partial charge is 0.497 e. The molecule has 2 aromatic rings. The van der Waals surface area contributed by atoms with Crippen LogP contribution in [-0.4, -0.2) is 12.1 Å². The first-order chi connectivity index (χ1) is 7.26. The van der Waals surface area contributed by atoms with Crippen molar-refractivity contribution in [3.05, 3.63) is 42.1 Å². The summed E-state index contributed by atoms with van der Waals surface area (Å²) in [6, 6.07) is 6.08. The number of nitrogens with one attached hydrogen (secondary N) is 1. The summed E-state index contributed by atoms with van der Waals surface area (Å²) >= 11 is 0. The van der Waals surface area contributed by atoms with Crippen molar-refractivity contribution in [3.63, 3.8) is 0 Å². The minimum absolute atomic E-state index is 0.888. The van der Waals surface area contributed by atoms with Crippen molar-refractivity contribution in [2.45, 2.75) is 13.3 Å². The highest BCUT2D eigenvalue weighted by atomic mass is 16.5. The van der Waals surface area contributed by atoms with Gasteiger partial charge in [-0.2, -0.15) is 0 Å². The van der Waals surface area contributed by atoms with Crippen molar-refractivity contribution < 1.29 is 4.74 Å². The molecule has 2 rings (SSSR count). The SMILES string of the molecule is C=CCc1c(C)[nH]c2ccc(OC)cc12. The lowest BCUT2D eigenvalue weighted by Gasteiger charge is -2.00. The van der Waals surface area contributed by atoms with Crippen LogP contribution in [0.2, 0.25) is 0 Å². The molecule has 2 heteroatoms. The zero-order valence-electron chi connectivity index (χ0n) is 9.13. The van der Waals surface area contributed by atoms with E-state index in [0.717, 1.165) is 17.7 Å². The van der Waals surface area contributed by atoms with Gasteiger partial charge in [0.15, 0.2) is 0 Å². The molecule has 0 unspecified atom stereocenters. The molecule has 2 nitrogen and oxygen atoms in total. The molecule has 0 aliphatic carbocycles. The van der Waals surface area contributed by atoms with E-state index in [1.165, 1.54) is 16.6 Å². The Morgan fingerprint density at radius 2 is 2.27 bits per heavy atom. The zero-order valence-corrected chi connectivity index (χ0v) is 9.13. The Morgan fingerprint density at radius 1 is 1.47 bits per heavy atom. The van der Waals surface area contributed by atoms with E-state index in [-0.39, 0.29) is 0 Å². The van der Waals surface area contributed by atoms with Crippen LogP contribution < -0.4 is 4.74 Å². The Bertz CT molecular complexity index is 496. The fourth-order valence-electron chi connectivity index (χ4n) is 1.90. The van der Waals surface area contributed by atoms with E-state index in [2.05, 4.69) is 24.6 Å². The van der Waals surface area contributed by atoms with Crippen LogP contribution in [0.1, 0.15) is 11.3 Å². The van der Waals surface area contributed by atoms with Crippen LogP contribution in [0.5, 0.6) is 5.75 Å². The molecule has 0 spiro atoms. The molecule has 0 fully saturated rings. The van der Waals surface area contributed by atoms with Gasteiger partial charge < -0.3 is 9.72 Å². The summed E-state index contributed by atoms with van der Waals surface area (Å²) < 4.78 is 5.22. The second-order valence-electron chi connectivity index (χ2n) is 3.63. The first-order valence-corrected chi connectivity index (χ1v) is 5.02. The predicted molar refractivity (Wildman–Crippen MR) is 63.5 cm³/mol. The number of ether oxygens (including phenoxy) is 1. The molecule has 1 N–H and O–H groups in total. The molecule has 0 amide bonds. The van der Waals surface area contributed by atoms with Crippen LogP contribution in [0, 0.1) is 6.92 Å². The van der Waals surface area contributed by atoms with E-state index in [0.29, 0.717) is 0 Å². The van der Waals surface area contributed by atoms with Crippen molar-refractivity contribution in [3.8, 4) is 5.75 Å². The molecule has 1 aromatic carbocycles. The smallest absolute Gasteiger partial charge is 0.119 e. The quantitative estimate of drug-likeness (QED) is 0.758. The molecule has 15 heavy (non-hydrogen) atoms. The number of H-pyrrole nitrogens is 1. The standard InChI is InChI=1S/C13H15NO/c1-4-5-11-9(2)14-13-7-6-10(15-3)8-12(11)13/h4,6-8,14H,1,5H2,2-3H3. The molecule has 0 aliphatic heterocycles. The summed E-state index contributed by atoms with van der Waals surface area (Å²) in [5.74, 6) is 0.895. The number of aromatic amines is 1. The number of allylic oxidation sites excluding steroid dienone is 1. The van der Waals surface area contributed by atoms with E-state index < -0.39 is 0 Å². The van der Waals surface area contributed by atoms with Crippen LogP contribution in [0.4, 0.5) is 0 Å². The Morgan fingerprint density at radius 3 is 2.93 bits per heavy atom. The number of hydrogen-bond donors (Lipinski definition) is 1. The van der Waals surface area contributed by atoms with E-state index in [1.807, 2.05) is 18.2 Å². The lowest BCUT2D eigenvalue weighted by molar-refractivity contribution is 0.415. The van der Waals surface area contributed by atoms with Crippen LogP contribution in [0.25, 0.3) is 10.9 Å². The molecule has 0 bridgehead atoms. The number of hydrogen-bond acceptors (Lipinski definition) is 1. The second kappa shape index (κ2) is 3.81. The van der Waals surface area contributed by atoms with Gasteiger partial charge in [-0.25, -0.2) is 0 Å². The van der Waals surface area contributed by atoms with Crippen molar-refractivity contribution in [1.29, 1.82) is 0 Å². The summed E-state index contributed by atoms with van der Waals surface area (Å²) in [6.07, 6.45) is 2.81. The van der Waals surface area contributed by atoms with Gasteiger partial charge in [0.2, 0.25) is 0 Å². The average molecular weight is 201 g/mol. The molecule has 78 valence electrons. The summed E-state index contributed by atoms with van der Waals surface area (Å²) in [6.45, 7) is 5.87. The first kappa shape index (κ1) is 9.84. The number of aryl methyl sites for hydroxylation is 1. The summed E-state index contributed by atoms with van der Waals surface area (Å²) in [5, 5.41) is 1.23. The van der Waals surface area contributed by atoms with Gasteiger partial charge in [-0.15, -0.1) is 6.58 Å². The van der Waals surface area contributed by atoms with Gasteiger partial charge in [0.25, 0.3) is 0 Å². The minimum atomic E-state index is 0.888. The summed E-state index contributed by atoms with van der Waals surface area (Å²) in [4.78, 5) is 3.36. The first-order valence-electron chi connectivity index (χ1n) is 5.02. The van der Waals surface area contributed by atoms with Crippen LogP contribution in [0.15, 0.2) is 30.9 Å². The molecular weight excluding hydrogens is 186 g/mol. The van der Waals surface area contributed by atoms with Gasteiger partial charge in [-0.05, 0) is 37.1 Å². The Labute approximate surface area is 89.6 Å². The van der Waals surface area contributed by atoms with E-state index in [4.69, 9.17) is 4.74 Å². The fourth-order valence-corrected chi connectivity index (χ4v) is 1.90. The van der Waals surface area contributed by atoms with Gasteiger partial charge >= 0.3 is 0 Å². The normalized spacial score (nSPS) is 10.5. The molecule has 0 saturated heterocycles. The maximum Gasteiger partial charge on any atom is 0.119 e. The zero-order chi connectivity index (χ0) is 10.8. The number of benzene rings is 1. The maximum absolute atomic E-state index is 5.22. The summed E-state index contributed by atoms with van der Waals surface area (Å²) in [5.41, 5.74) is 3.67. The number of aromatic nitrogens is 1. The fraction of sp³-hybridized carbons (Fsp3) is 0.231. The topological polar surface area (TPSA) is 25.0 Å². The third-order valence-corrected chi connectivity index (χ3v) is 2.68. The highest BCUT2D eigenvalue weighted by molar-refractivity contribution is 5.86. The number of methoxy groups -OCH3 is 1. The van der Waals surface area contributed by atoms with Crippen LogP contribution in [0.3, 0.4) is 0 Å². The molecule has 1 heterocycles. The van der Waals surface area contributed by atoms with Gasteiger partial charge in [0.1, 0.15) is 5.75 Å². The Hall–Kier alpha value is -1.70. The molecule has 0 radical (unpaired) electrons. The van der Waals surface area contributed by atoms with Crippen LogP contribution >= 0.6 is 0 Å². The number of fused-ring (bicyclic) bond motifs is 1. The van der Waals surface area contributed by atoms with Crippen molar-refractivity contribution in [2.75, 3.05) is 7.11 Å². The van der Waals surface area contributed by atoms with Gasteiger partial charge in [0, 0.05) is 16.6 Å².